The first-order valence-electron chi connectivity index (χ1n) is 11.5. The Morgan fingerprint density at radius 2 is 1.50 bits per heavy atom. The van der Waals surface area contributed by atoms with Gasteiger partial charge in [0.05, 0.1) is 28.6 Å². The number of hydrogen-bond acceptors (Lipinski definition) is 4. The highest BCUT2D eigenvalue weighted by molar-refractivity contribution is 6.33. The largest absolute Gasteiger partial charge is 0.325 e. The molecule has 1 N–H and O–H groups in total. The van der Waals surface area contributed by atoms with Crippen molar-refractivity contribution in [2.75, 3.05) is 0 Å². The van der Waals surface area contributed by atoms with E-state index in [0.29, 0.717) is 49.6 Å². The molecule has 0 bridgehead atoms. The molecule has 0 fully saturated rings. The van der Waals surface area contributed by atoms with Crippen molar-refractivity contribution in [3.63, 3.8) is 0 Å². The molecule has 1 aromatic heterocycles. The molecule has 1 heterocycles. The van der Waals surface area contributed by atoms with Crippen molar-refractivity contribution in [2.45, 2.75) is 0 Å². The summed E-state index contributed by atoms with van der Waals surface area (Å²) in [6.45, 7) is 0. The molecule has 6 rings (SSSR count). The van der Waals surface area contributed by atoms with Crippen LogP contribution in [0, 0.1) is 11.8 Å². The molecule has 0 saturated carbocycles. The second-order valence-corrected chi connectivity index (χ2v) is 9.20. The van der Waals surface area contributed by atoms with Crippen LogP contribution in [-0.4, -0.2) is 22.5 Å². The molecule has 4 aromatic rings. The maximum Gasteiger partial charge on any atom is 0.256 e. The molecule has 0 saturated heterocycles. The standard InChI is InChI=1S/C30H19ClN2O3/c31-23-13-5-3-11-20(23)26-16-22(17-8-4-6-14-24(17)32-26)30(36)33-25-15-7-12-21-27(25)29(35)19-10-2-1-9-18(19)28(21)34/h1-16,21,27H,(H,33,36)/t21-,27+/m0/s1. The van der Waals surface area contributed by atoms with Gasteiger partial charge < -0.3 is 5.32 Å². The van der Waals surface area contributed by atoms with Crippen LogP contribution in [0.15, 0.2) is 103 Å². The summed E-state index contributed by atoms with van der Waals surface area (Å²) in [4.78, 5) is 44.9. The van der Waals surface area contributed by atoms with Crippen LogP contribution in [0.25, 0.3) is 22.2 Å². The average Bonchev–Trinajstić information content (AvgIpc) is 2.91. The maximum atomic E-state index is 13.7. The van der Waals surface area contributed by atoms with Crippen molar-refractivity contribution in [2.24, 2.45) is 11.8 Å². The summed E-state index contributed by atoms with van der Waals surface area (Å²) >= 11 is 6.42. The summed E-state index contributed by atoms with van der Waals surface area (Å²) in [6, 6.07) is 23.2. The number of hydrogen-bond donors (Lipinski definition) is 1. The summed E-state index contributed by atoms with van der Waals surface area (Å²) < 4.78 is 0. The molecule has 2 aliphatic rings. The number of para-hydroxylation sites is 1. The topological polar surface area (TPSA) is 76.1 Å². The highest BCUT2D eigenvalue weighted by Crippen LogP contribution is 2.37. The Bertz CT molecular complexity index is 1650. The number of benzene rings is 3. The number of carbonyl (C=O) groups is 3. The quantitative estimate of drug-likeness (QED) is 0.379. The first kappa shape index (κ1) is 22.1. The molecule has 5 nitrogen and oxygen atoms in total. The predicted molar refractivity (Wildman–Crippen MR) is 139 cm³/mol. The highest BCUT2D eigenvalue weighted by atomic mass is 35.5. The van der Waals surface area contributed by atoms with Crippen LogP contribution in [0.2, 0.25) is 5.02 Å². The molecular formula is C30H19ClN2O3. The second-order valence-electron chi connectivity index (χ2n) is 8.79. The van der Waals surface area contributed by atoms with Crippen LogP contribution in [0.5, 0.6) is 0 Å². The van der Waals surface area contributed by atoms with Crippen molar-refractivity contribution < 1.29 is 14.4 Å². The van der Waals surface area contributed by atoms with Crippen LogP contribution >= 0.6 is 11.6 Å². The van der Waals surface area contributed by atoms with Crippen LogP contribution in [0.4, 0.5) is 0 Å². The molecule has 2 atom stereocenters. The van der Waals surface area contributed by atoms with Crippen molar-refractivity contribution >= 4 is 40.0 Å². The molecule has 174 valence electrons. The highest BCUT2D eigenvalue weighted by Gasteiger charge is 2.43. The zero-order valence-corrected chi connectivity index (χ0v) is 19.7. The van der Waals surface area contributed by atoms with Gasteiger partial charge in [-0.2, -0.15) is 0 Å². The summed E-state index contributed by atoms with van der Waals surface area (Å²) in [6.07, 6.45) is 5.14. The molecule has 0 spiro atoms. The van der Waals surface area contributed by atoms with Gasteiger partial charge in [0.15, 0.2) is 11.6 Å². The Hall–Kier alpha value is -4.35. The lowest BCUT2D eigenvalue weighted by molar-refractivity contribution is 0.0782. The number of amides is 1. The van der Waals surface area contributed by atoms with Gasteiger partial charge in [-0.1, -0.05) is 84.4 Å². The third-order valence-corrected chi connectivity index (χ3v) is 7.03. The van der Waals surface area contributed by atoms with Gasteiger partial charge in [0.2, 0.25) is 0 Å². The van der Waals surface area contributed by atoms with Gasteiger partial charge >= 0.3 is 0 Å². The molecule has 36 heavy (non-hydrogen) atoms. The first-order chi connectivity index (χ1) is 17.5. The van der Waals surface area contributed by atoms with Crippen LogP contribution < -0.4 is 5.32 Å². The third-order valence-electron chi connectivity index (χ3n) is 6.70. The predicted octanol–water partition coefficient (Wildman–Crippen LogP) is 6.05. The van der Waals surface area contributed by atoms with E-state index in [1.165, 1.54) is 0 Å². The van der Waals surface area contributed by atoms with Crippen LogP contribution in [0.3, 0.4) is 0 Å². The van der Waals surface area contributed by atoms with Crippen molar-refractivity contribution in [1.29, 1.82) is 0 Å². The Labute approximate surface area is 212 Å². The number of aromatic nitrogens is 1. The number of nitrogens with zero attached hydrogens (tertiary/aromatic N) is 1. The smallest absolute Gasteiger partial charge is 0.256 e. The van der Waals surface area contributed by atoms with E-state index in [4.69, 9.17) is 16.6 Å². The lowest BCUT2D eigenvalue weighted by Crippen LogP contribution is -2.42. The summed E-state index contributed by atoms with van der Waals surface area (Å²) in [7, 11) is 0. The number of nitrogens with one attached hydrogen (secondary N) is 1. The number of ketones is 2. The molecule has 2 aliphatic carbocycles. The zero-order chi connectivity index (χ0) is 24.8. The maximum absolute atomic E-state index is 13.7. The first-order valence-corrected chi connectivity index (χ1v) is 11.9. The van der Waals surface area contributed by atoms with E-state index in [0.717, 1.165) is 0 Å². The van der Waals surface area contributed by atoms with E-state index in [1.54, 1.807) is 54.6 Å². The molecule has 0 aliphatic heterocycles. The fourth-order valence-electron chi connectivity index (χ4n) is 4.98. The molecule has 6 heteroatoms. The molecule has 0 unspecified atom stereocenters. The van der Waals surface area contributed by atoms with E-state index >= 15 is 0 Å². The lowest BCUT2D eigenvalue weighted by atomic mass is 9.71. The molecular weight excluding hydrogens is 472 g/mol. The number of rotatable bonds is 3. The van der Waals surface area contributed by atoms with Gasteiger partial charge in [0, 0.05) is 32.8 Å². The van der Waals surface area contributed by atoms with Gasteiger partial charge in [-0.25, -0.2) is 4.98 Å². The second kappa shape index (κ2) is 8.70. The SMILES string of the molecule is O=C(NC1=CC=C[C@@H]2C(=O)c3ccccc3C(=O)[C@@H]12)c1cc(-c2ccccc2Cl)nc2ccccc12. The van der Waals surface area contributed by atoms with Crippen molar-refractivity contribution in [1.82, 2.24) is 10.3 Å². The van der Waals surface area contributed by atoms with Crippen LogP contribution in [-0.2, 0) is 0 Å². The Balaban J connectivity index is 1.41. The Morgan fingerprint density at radius 1 is 0.833 bits per heavy atom. The van der Waals surface area contributed by atoms with E-state index in [9.17, 15) is 14.4 Å². The number of fused-ring (bicyclic) bond motifs is 3. The number of halogens is 1. The Kier molecular flexibility index (Phi) is 5.35. The number of allylic oxidation sites excluding steroid dienone is 4. The zero-order valence-electron chi connectivity index (χ0n) is 18.9. The van der Waals surface area contributed by atoms with E-state index in [-0.39, 0.29) is 17.5 Å². The third kappa shape index (κ3) is 3.56. The Morgan fingerprint density at radius 3 is 2.28 bits per heavy atom. The summed E-state index contributed by atoms with van der Waals surface area (Å²) in [5.41, 5.74) is 3.53. The van der Waals surface area contributed by atoms with E-state index < -0.39 is 11.8 Å². The van der Waals surface area contributed by atoms with E-state index in [1.807, 2.05) is 42.5 Å². The number of carbonyl (C=O) groups excluding carboxylic acids is 3. The fraction of sp³-hybridized carbons (Fsp3) is 0.0667. The van der Waals surface area contributed by atoms with Gasteiger partial charge in [-0.3, -0.25) is 14.4 Å². The minimum Gasteiger partial charge on any atom is -0.325 e. The lowest BCUT2D eigenvalue weighted by Gasteiger charge is -2.32. The average molecular weight is 491 g/mol. The minimum absolute atomic E-state index is 0.123. The number of pyridine rings is 1. The normalized spacial score (nSPS) is 18.4. The minimum atomic E-state index is -0.780. The fourth-order valence-corrected chi connectivity index (χ4v) is 5.21. The van der Waals surface area contributed by atoms with Gasteiger partial charge in [-0.15, -0.1) is 0 Å². The molecule has 1 amide bonds. The van der Waals surface area contributed by atoms with Gasteiger partial charge in [-0.05, 0) is 24.3 Å². The number of Topliss-reactive ketones (excluding diaryl/α,β-unsaturated/α-hetero) is 2. The van der Waals surface area contributed by atoms with Gasteiger partial charge in [0.1, 0.15) is 0 Å². The van der Waals surface area contributed by atoms with Crippen LogP contribution in [0.1, 0.15) is 31.1 Å². The molecule has 3 aromatic carbocycles. The summed E-state index contributed by atoms with van der Waals surface area (Å²) in [5, 5.41) is 4.14. The van der Waals surface area contributed by atoms with E-state index in [2.05, 4.69) is 5.32 Å². The van der Waals surface area contributed by atoms with Crippen molar-refractivity contribution in [3.05, 3.63) is 125 Å². The monoisotopic (exact) mass is 490 g/mol. The summed E-state index contributed by atoms with van der Waals surface area (Å²) in [5.74, 6) is -2.12. The molecule has 0 radical (unpaired) electrons. The van der Waals surface area contributed by atoms with Gasteiger partial charge in [0.25, 0.3) is 5.91 Å². The van der Waals surface area contributed by atoms with Crippen molar-refractivity contribution in [3.8, 4) is 11.3 Å².